The van der Waals surface area contributed by atoms with Crippen molar-refractivity contribution in [3.63, 3.8) is 0 Å². The molecule has 1 atom stereocenters. The van der Waals surface area contributed by atoms with Gasteiger partial charge in [0.25, 0.3) is 0 Å². The molecule has 2 aliphatic rings. The van der Waals surface area contributed by atoms with Gasteiger partial charge in [0.05, 0.1) is 53.6 Å². The number of benzene rings is 1. The number of nitrogens with zero attached hydrogens (tertiary/aromatic N) is 5. The molecule has 2 fully saturated rings. The molecule has 2 saturated heterocycles. The maximum Gasteiger partial charge on any atom is 0.407 e. The highest BCUT2D eigenvalue weighted by Gasteiger charge is 2.30. The van der Waals surface area contributed by atoms with E-state index >= 15 is 4.39 Å². The number of fused-ring (bicyclic) bond motifs is 1. The summed E-state index contributed by atoms with van der Waals surface area (Å²) in [6, 6.07) is 3.84. The van der Waals surface area contributed by atoms with Crippen molar-refractivity contribution in [1.82, 2.24) is 14.9 Å². The van der Waals surface area contributed by atoms with Crippen LogP contribution < -0.4 is 15.1 Å². The lowest BCUT2D eigenvalue weighted by atomic mass is 10.1. The first-order valence-electron chi connectivity index (χ1n) is 11.9. The summed E-state index contributed by atoms with van der Waals surface area (Å²) >= 11 is 0. The van der Waals surface area contributed by atoms with Gasteiger partial charge in [0.15, 0.2) is 0 Å². The van der Waals surface area contributed by atoms with Crippen LogP contribution in [0, 0.1) is 18.6 Å². The maximum absolute atomic E-state index is 15.1. The molecule has 2 N–H and O–H groups in total. The molecule has 36 heavy (non-hydrogen) atoms. The number of morpholine rings is 1. The molecular formula is C25H28F2N6O3. The van der Waals surface area contributed by atoms with Crippen molar-refractivity contribution >= 4 is 39.9 Å². The summed E-state index contributed by atoms with van der Waals surface area (Å²) in [5.74, 6) is -0.867. The second-order valence-corrected chi connectivity index (χ2v) is 9.14. The van der Waals surface area contributed by atoms with Gasteiger partial charge in [-0.15, -0.1) is 0 Å². The maximum atomic E-state index is 15.1. The molecule has 4 heterocycles. The predicted molar refractivity (Wildman–Crippen MR) is 133 cm³/mol. The smallest absolute Gasteiger partial charge is 0.407 e. The Morgan fingerprint density at radius 3 is 2.64 bits per heavy atom. The molecule has 2 aliphatic heterocycles. The third kappa shape index (κ3) is 4.58. The number of pyridine rings is 2. The molecule has 0 bridgehead atoms. The van der Waals surface area contributed by atoms with Crippen LogP contribution in [0.25, 0.3) is 10.9 Å². The monoisotopic (exact) mass is 498 g/mol. The molecule has 1 amide bonds. The standard InChI is InChI=1S/C25H28F2N6O3/c1-15-14-32(25(34)35)3-4-33(15)24-16(2)23(22-20(27)9-17(26)10-21(22)30-24)29-18-11-19(13-28-12-18)31-5-7-36-8-6-31/h9-13,15H,3-8,14H2,1-2H3,(H,29,30)(H,34,35)/t15-/m0/s1. The van der Waals surface area contributed by atoms with Crippen LogP contribution in [0.4, 0.5) is 36.5 Å². The number of halogens is 2. The van der Waals surface area contributed by atoms with Crippen molar-refractivity contribution in [3.05, 3.63) is 47.8 Å². The van der Waals surface area contributed by atoms with Crippen LogP contribution in [0.5, 0.6) is 0 Å². The number of ether oxygens (including phenoxy) is 1. The number of piperazine rings is 1. The van der Waals surface area contributed by atoms with E-state index in [0.29, 0.717) is 55.6 Å². The fourth-order valence-electron chi connectivity index (χ4n) is 4.91. The Morgan fingerprint density at radius 2 is 1.92 bits per heavy atom. The van der Waals surface area contributed by atoms with E-state index in [2.05, 4.69) is 20.2 Å². The van der Waals surface area contributed by atoms with Gasteiger partial charge in [-0.05, 0) is 19.9 Å². The van der Waals surface area contributed by atoms with Gasteiger partial charge in [0.2, 0.25) is 0 Å². The molecule has 9 nitrogen and oxygen atoms in total. The fraction of sp³-hybridized carbons (Fsp3) is 0.400. The predicted octanol–water partition coefficient (Wildman–Crippen LogP) is 3.99. The van der Waals surface area contributed by atoms with E-state index in [4.69, 9.17) is 4.74 Å². The summed E-state index contributed by atoms with van der Waals surface area (Å²) in [5, 5.41) is 12.9. The first-order chi connectivity index (χ1) is 17.3. The van der Waals surface area contributed by atoms with Crippen molar-refractivity contribution in [1.29, 1.82) is 0 Å². The lowest BCUT2D eigenvalue weighted by Crippen LogP contribution is -2.53. The number of nitrogens with one attached hydrogen (secondary N) is 1. The van der Waals surface area contributed by atoms with E-state index in [1.54, 1.807) is 12.4 Å². The van der Waals surface area contributed by atoms with Gasteiger partial charge in [-0.3, -0.25) is 4.98 Å². The lowest BCUT2D eigenvalue weighted by Gasteiger charge is -2.40. The molecule has 0 unspecified atom stereocenters. The summed E-state index contributed by atoms with van der Waals surface area (Å²) in [5.41, 5.74) is 2.92. The Labute approximate surface area is 207 Å². The largest absolute Gasteiger partial charge is 0.465 e. The van der Waals surface area contributed by atoms with Gasteiger partial charge in [-0.25, -0.2) is 18.6 Å². The molecule has 11 heteroatoms. The number of rotatable bonds is 4. The highest BCUT2D eigenvalue weighted by Crippen LogP contribution is 2.38. The third-order valence-electron chi connectivity index (χ3n) is 6.76. The fourth-order valence-corrected chi connectivity index (χ4v) is 4.91. The number of amides is 1. The van der Waals surface area contributed by atoms with Gasteiger partial charge in [0.1, 0.15) is 17.5 Å². The highest BCUT2D eigenvalue weighted by atomic mass is 19.1. The molecule has 0 aliphatic carbocycles. The molecule has 190 valence electrons. The van der Waals surface area contributed by atoms with Crippen LogP contribution in [0.1, 0.15) is 12.5 Å². The zero-order valence-electron chi connectivity index (χ0n) is 20.2. The first kappa shape index (κ1) is 24.0. The number of hydrogen-bond donors (Lipinski definition) is 2. The summed E-state index contributed by atoms with van der Waals surface area (Å²) in [6.07, 6.45) is 2.47. The molecule has 2 aromatic heterocycles. The molecular weight excluding hydrogens is 470 g/mol. The van der Waals surface area contributed by atoms with Crippen molar-refractivity contribution in [2.45, 2.75) is 19.9 Å². The van der Waals surface area contributed by atoms with E-state index in [1.165, 1.54) is 11.0 Å². The summed E-state index contributed by atoms with van der Waals surface area (Å²) in [4.78, 5) is 26.0. The van der Waals surface area contributed by atoms with Crippen molar-refractivity contribution in [2.75, 3.05) is 61.1 Å². The number of carbonyl (C=O) groups is 1. The van der Waals surface area contributed by atoms with E-state index in [1.807, 2.05) is 24.8 Å². The van der Waals surface area contributed by atoms with Crippen LogP contribution in [0.3, 0.4) is 0 Å². The Bertz CT molecular complexity index is 1300. The Kier molecular flexibility index (Phi) is 6.48. The molecule has 3 aromatic rings. The summed E-state index contributed by atoms with van der Waals surface area (Å²) in [6.45, 7) is 7.56. The summed E-state index contributed by atoms with van der Waals surface area (Å²) < 4.78 is 34.7. The quantitative estimate of drug-likeness (QED) is 0.558. The molecule has 5 rings (SSSR count). The molecule has 1 aromatic carbocycles. The Morgan fingerprint density at radius 1 is 1.14 bits per heavy atom. The number of hydrogen-bond acceptors (Lipinski definition) is 7. The van der Waals surface area contributed by atoms with Crippen LogP contribution in [0.2, 0.25) is 0 Å². The number of anilines is 4. The Balaban J connectivity index is 1.57. The normalized spacial score (nSPS) is 18.6. The zero-order valence-corrected chi connectivity index (χ0v) is 20.2. The van der Waals surface area contributed by atoms with E-state index in [-0.39, 0.29) is 16.9 Å². The average Bonchev–Trinajstić information content (AvgIpc) is 2.86. The SMILES string of the molecule is Cc1c(N2CCN(C(=O)O)C[C@@H]2C)nc2cc(F)cc(F)c2c1Nc1cncc(N2CCOCC2)c1. The number of aromatic nitrogens is 2. The number of carboxylic acid groups (broad SMARTS) is 1. The molecule has 0 radical (unpaired) electrons. The van der Waals surface area contributed by atoms with Gasteiger partial charge in [-0.1, -0.05) is 0 Å². The highest BCUT2D eigenvalue weighted by molar-refractivity contribution is 5.98. The van der Waals surface area contributed by atoms with Gasteiger partial charge in [0, 0.05) is 56.5 Å². The topological polar surface area (TPSA) is 94.1 Å². The first-order valence-corrected chi connectivity index (χ1v) is 11.9. The summed E-state index contributed by atoms with van der Waals surface area (Å²) in [7, 11) is 0. The van der Waals surface area contributed by atoms with Crippen molar-refractivity contribution in [2.24, 2.45) is 0 Å². The van der Waals surface area contributed by atoms with Gasteiger partial charge < -0.3 is 29.9 Å². The zero-order chi connectivity index (χ0) is 25.4. The lowest BCUT2D eigenvalue weighted by molar-refractivity contribution is 0.122. The third-order valence-corrected chi connectivity index (χ3v) is 6.76. The Hall–Kier alpha value is -3.73. The van der Waals surface area contributed by atoms with Gasteiger partial charge >= 0.3 is 6.09 Å². The van der Waals surface area contributed by atoms with E-state index in [9.17, 15) is 14.3 Å². The average molecular weight is 499 g/mol. The van der Waals surface area contributed by atoms with Crippen LogP contribution >= 0.6 is 0 Å². The minimum atomic E-state index is -0.969. The van der Waals surface area contributed by atoms with Crippen LogP contribution in [0.15, 0.2) is 30.6 Å². The van der Waals surface area contributed by atoms with Crippen molar-refractivity contribution in [3.8, 4) is 0 Å². The second kappa shape index (κ2) is 9.73. The van der Waals surface area contributed by atoms with Gasteiger partial charge in [-0.2, -0.15) is 0 Å². The van der Waals surface area contributed by atoms with Crippen molar-refractivity contribution < 1.29 is 23.4 Å². The molecule has 0 spiro atoms. The minimum Gasteiger partial charge on any atom is -0.465 e. The van der Waals surface area contributed by atoms with Crippen LogP contribution in [-0.2, 0) is 4.74 Å². The minimum absolute atomic E-state index is 0.170. The second-order valence-electron chi connectivity index (χ2n) is 9.14. The molecule has 0 saturated carbocycles. The van der Waals surface area contributed by atoms with E-state index < -0.39 is 17.7 Å². The van der Waals surface area contributed by atoms with Crippen LogP contribution in [-0.4, -0.2) is 78.0 Å². The van der Waals surface area contributed by atoms with E-state index in [0.717, 1.165) is 24.8 Å².